The molecule has 0 spiro atoms. The topological polar surface area (TPSA) is 116 Å². The Hall–Kier alpha value is -1.93. The van der Waals surface area contributed by atoms with Gasteiger partial charge in [0.15, 0.2) is 4.34 Å². The second kappa shape index (κ2) is 10.8. The van der Waals surface area contributed by atoms with Crippen LogP contribution in [0.3, 0.4) is 0 Å². The SMILES string of the molecule is CN(CC(=O)Nc1nnc(SCC(=O)N2CCN(c3ccc(Cl)cc3)CC2)s1)S(C)(=O)=O. The Morgan fingerprint density at radius 3 is 2.47 bits per heavy atom. The maximum atomic E-state index is 12.6. The van der Waals surface area contributed by atoms with Crippen LogP contribution < -0.4 is 10.2 Å². The van der Waals surface area contributed by atoms with Crippen molar-refractivity contribution in [2.24, 2.45) is 0 Å². The Labute approximate surface area is 200 Å². The first-order chi connectivity index (χ1) is 15.1. The summed E-state index contributed by atoms with van der Waals surface area (Å²) < 4.78 is 24.2. The van der Waals surface area contributed by atoms with Gasteiger partial charge in [-0.25, -0.2) is 8.42 Å². The van der Waals surface area contributed by atoms with E-state index in [1.165, 1.54) is 18.8 Å². The predicted molar refractivity (Wildman–Crippen MR) is 127 cm³/mol. The molecule has 0 aliphatic carbocycles. The van der Waals surface area contributed by atoms with E-state index in [9.17, 15) is 18.0 Å². The lowest BCUT2D eigenvalue weighted by Crippen LogP contribution is -2.49. The van der Waals surface area contributed by atoms with Crippen molar-refractivity contribution >= 4 is 67.4 Å². The molecule has 1 N–H and O–H groups in total. The van der Waals surface area contributed by atoms with Crippen LogP contribution in [0, 0.1) is 0 Å². The van der Waals surface area contributed by atoms with E-state index >= 15 is 0 Å². The Kier molecular flexibility index (Phi) is 8.33. The minimum Gasteiger partial charge on any atom is -0.368 e. The van der Waals surface area contributed by atoms with Crippen molar-refractivity contribution < 1.29 is 18.0 Å². The van der Waals surface area contributed by atoms with Crippen LogP contribution in [0.1, 0.15) is 0 Å². The summed E-state index contributed by atoms with van der Waals surface area (Å²) in [6, 6.07) is 7.66. The fourth-order valence-corrected chi connectivity index (χ4v) is 5.03. The molecule has 1 fully saturated rings. The average molecular weight is 519 g/mol. The average Bonchev–Trinajstić information content (AvgIpc) is 3.19. The summed E-state index contributed by atoms with van der Waals surface area (Å²) in [4.78, 5) is 28.5. The van der Waals surface area contributed by atoms with Crippen molar-refractivity contribution in [1.29, 1.82) is 0 Å². The molecule has 1 aromatic heterocycles. The fraction of sp³-hybridized carbons (Fsp3) is 0.444. The van der Waals surface area contributed by atoms with Crippen molar-refractivity contribution in [1.82, 2.24) is 19.4 Å². The van der Waals surface area contributed by atoms with Gasteiger partial charge in [-0.1, -0.05) is 34.7 Å². The van der Waals surface area contributed by atoms with Crippen molar-refractivity contribution in [3.8, 4) is 0 Å². The molecule has 3 rings (SSSR count). The number of nitrogens with one attached hydrogen (secondary N) is 1. The Morgan fingerprint density at radius 2 is 1.84 bits per heavy atom. The number of piperazine rings is 1. The standard InChI is InChI=1S/C18H23ClN6O4S3/c1-23(32(2,28)29)11-15(26)20-17-21-22-18(31-17)30-12-16(27)25-9-7-24(8-10-25)14-5-3-13(19)4-6-14/h3-6H,7-12H2,1-2H3,(H,20,21,26). The van der Waals surface area contributed by atoms with Gasteiger partial charge in [-0.2, -0.15) is 4.31 Å². The van der Waals surface area contributed by atoms with Crippen LogP contribution in [-0.4, -0.2) is 91.4 Å². The fourth-order valence-electron chi connectivity index (χ4n) is 2.88. The molecule has 0 radical (unpaired) electrons. The molecule has 0 unspecified atom stereocenters. The first-order valence-corrected chi connectivity index (χ1v) is 13.6. The smallest absolute Gasteiger partial charge is 0.241 e. The van der Waals surface area contributed by atoms with Gasteiger partial charge in [0, 0.05) is 43.9 Å². The molecule has 2 amide bonds. The highest BCUT2D eigenvalue weighted by Crippen LogP contribution is 2.26. The highest BCUT2D eigenvalue weighted by Gasteiger charge is 2.22. The van der Waals surface area contributed by atoms with Crippen LogP contribution in [0.4, 0.5) is 10.8 Å². The zero-order valence-corrected chi connectivity index (χ0v) is 20.7. The molecule has 14 heteroatoms. The molecule has 1 aliphatic rings. The number of benzene rings is 1. The van der Waals surface area contributed by atoms with Gasteiger partial charge in [-0.15, -0.1) is 10.2 Å². The van der Waals surface area contributed by atoms with E-state index < -0.39 is 15.9 Å². The number of carbonyl (C=O) groups excluding carboxylic acids is 2. The summed E-state index contributed by atoms with van der Waals surface area (Å²) in [5.41, 5.74) is 1.09. The number of hydrogen-bond donors (Lipinski definition) is 1. The summed E-state index contributed by atoms with van der Waals surface area (Å²) in [6.45, 7) is 2.44. The van der Waals surface area contributed by atoms with E-state index in [0.717, 1.165) is 40.7 Å². The zero-order valence-electron chi connectivity index (χ0n) is 17.5. The van der Waals surface area contributed by atoms with Crippen LogP contribution in [0.2, 0.25) is 5.02 Å². The largest absolute Gasteiger partial charge is 0.368 e. The molecule has 0 bridgehead atoms. The minimum atomic E-state index is -3.45. The Balaban J connectivity index is 1.42. The van der Waals surface area contributed by atoms with Gasteiger partial charge in [0.2, 0.25) is 27.0 Å². The quantitative estimate of drug-likeness (QED) is 0.412. The van der Waals surface area contributed by atoms with E-state index in [-0.39, 0.29) is 23.3 Å². The van der Waals surface area contributed by atoms with Crippen molar-refractivity contribution in [2.45, 2.75) is 4.34 Å². The first-order valence-electron chi connectivity index (χ1n) is 9.57. The first kappa shape index (κ1) is 24.7. The molecule has 0 saturated carbocycles. The number of thioether (sulfide) groups is 1. The van der Waals surface area contributed by atoms with Gasteiger partial charge in [0.05, 0.1) is 18.6 Å². The number of amides is 2. The van der Waals surface area contributed by atoms with Gasteiger partial charge in [-0.3, -0.25) is 14.9 Å². The maximum absolute atomic E-state index is 12.6. The number of aromatic nitrogens is 2. The summed E-state index contributed by atoms with van der Waals surface area (Å²) in [7, 11) is -2.13. The molecule has 10 nitrogen and oxygen atoms in total. The Morgan fingerprint density at radius 1 is 1.19 bits per heavy atom. The van der Waals surface area contributed by atoms with Gasteiger partial charge in [-0.05, 0) is 24.3 Å². The second-order valence-electron chi connectivity index (χ2n) is 7.07. The highest BCUT2D eigenvalue weighted by molar-refractivity contribution is 8.01. The summed E-state index contributed by atoms with van der Waals surface area (Å²) >= 11 is 8.33. The Bertz CT molecular complexity index is 1050. The van der Waals surface area contributed by atoms with Crippen LogP contribution >= 0.6 is 34.7 Å². The molecule has 1 saturated heterocycles. The molecule has 0 atom stereocenters. The minimum absolute atomic E-state index is 0.0151. The van der Waals surface area contributed by atoms with Crippen molar-refractivity contribution in [3.05, 3.63) is 29.3 Å². The van der Waals surface area contributed by atoms with Gasteiger partial charge < -0.3 is 9.80 Å². The maximum Gasteiger partial charge on any atom is 0.241 e. The lowest BCUT2D eigenvalue weighted by molar-refractivity contribution is -0.128. The third kappa shape index (κ3) is 7.04. The van der Waals surface area contributed by atoms with Crippen molar-refractivity contribution in [3.63, 3.8) is 0 Å². The molecule has 1 aromatic carbocycles. The second-order valence-corrected chi connectivity index (χ2v) is 11.8. The van der Waals surface area contributed by atoms with Gasteiger partial charge >= 0.3 is 0 Å². The lowest BCUT2D eigenvalue weighted by Gasteiger charge is -2.36. The van der Waals surface area contributed by atoms with E-state index in [4.69, 9.17) is 11.6 Å². The molecular weight excluding hydrogens is 496 g/mol. The number of nitrogens with zero attached hydrogens (tertiary/aromatic N) is 5. The molecule has 2 aromatic rings. The van der Waals surface area contributed by atoms with Crippen LogP contribution in [0.15, 0.2) is 28.6 Å². The number of hydrogen-bond acceptors (Lipinski definition) is 9. The normalized spacial score (nSPS) is 14.6. The number of halogens is 1. The van der Waals surface area contributed by atoms with Gasteiger partial charge in [0.25, 0.3) is 0 Å². The van der Waals surface area contributed by atoms with E-state index in [1.54, 1.807) is 0 Å². The van der Waals surface area contributed by atoms with E-state index in [2.05, 4.69) is 20.4 Å². The van der Waals surface area contributed by atoms with Crippen LogP contribution in [0.25, 0.3) is 0 Å². The third-order valence-electron chi connectivity index (χ3n) is 4.73. The summed E-state index contributed by atoms with van der Waals surface area (Å²) in [5.74, 6) is -0.276. The molecule has 2 heterocycles. The molecular formula is C18H23ClN6O4S3. The highest BCUT2D eigenvalue weighted by atomic mass is 35.5. The number of rotatable bonds is 8. The monoisotopic (exact) mass is 518 g/mol. The zero-order chi connectivity index (χ0) is 23.3. The summed E-state index contributed by atoms with van der Waals surface area (Å²) in [6.07, 6.45) is 1.02. The van der Waals surface area contributed by atoms with Crippen molar-refractivity contribution in [2.75, 3.05) is 62.0 Å². The van der Waals surface area contributed by atoms with E-state index in [0.29, 0.717) is 22.5 Å². The third-order valence-corrected chi connectivity index (χ3v) is 8.20. The molecule has 32 heavy (non-hydrogen) atoms. The molecule has 1 aliphatic heterocycles. The lowest BCUT2D eigenvalue weighted by atomic mass is 10.2. The predicted octanol–water partition coefficient (Wildman–Crippen LogP) is 1.46. The van der Waals surface area contributed by atoms with Crippen LogP contribution in [-0.2, 0) is 19.6 Å². The number of carbonyl (C=O) groups is 2. The molecule has 174 valence electrons. The van der Waals surface area contributed by atoms with E-state index in [1.807, 2.05) is 29.2 Å². The van der Waals surface area contributed by atoms with Crippen LogP contribution in [0.5, 0.6) is 0 Å². The number of sulfonamides is 1. The van der Waals surface area contributed by atoms with Gasteiger partial charge in [0.1, 0.15) is 0 Å². The summed E-state index contributed by atoms with van der Waals surface area (Å²) in [5, 5.41) is 11.3. The number of likely N-dealkylation sites (N-methyl/N-ethyl adjacent to an activating group) is 1. The number of anilines is 2.